The number of aromatic nitrogens is 1. The van der Waals surface area contributed by atoms with Gasteiger partial charge in [-0.15, -0.1) is 0 Å². The molecule has 0 aliphatic heterocycles. The molecule has 0 aliphatic rings. The van der Waals surface area contributed by atoms with Crippen LogP contribution in [0.4, 0.5) is 5.69 Å². The summed E-state index contributed by atoms with van der Waals surface area (Å²) < 4.78 is 14.0. The van der Waals surface area contributed by atoms with Crippen molar-refractivity contribution in [1.82, 2.24) is 4.57 Å². The molecule has 6 heteroatoms. The smallest absolute Gasteiger partial charge is 0.291 e. The Morgan fingerprint density at radius 3 is 2.89 bits per heavy atom. The van der Waals surface area contributed by atoms with Gasteiger partial charge in [-0.2, -0.15) is 0 Å². The molecule has 138 valence electrons. The molecule has 2 aromatic heterocycles. The van der Waals surface area contributed by atoms with Gasteiger partial charge in [0.2, 0.25) is 0 Å². The number of aryl methyl sites for hydroxylation is 1. The molecular formula is C21H19BrN2O3. The van der Waals surface area contributed by atoms with E-state index in [1.807, 2.05) is 55.6 Å². The van der Waals surface area contributed by atoms with Crippen LogP contribution in [0.15, 0.2) is 57.6 Å². The number of carbonyl (C=O) groups excluding carboxylic acids is 1. The second-order valence-electron chi connectivity index (χ2n) is 6.43. The van der Waals surface area contributed by atoms with E-state index in [0.717, 1.165) is 38.6 Å². The fraction of sp³-hybridized carbons (Fsp3) is 0.190. The van der Waals surface area contributed by atoms with Crippen LogP contribution in [0.5, 0.6) is 0 Å². The number of ether oxygens (including phenoxy) is 1. The number of nitrogens with zero attached hydrogens (tertiary/aromatic N) is 1. The lowest BCUT2D eigenvalue weighted by Gasteiger charge is -2.07. The first-order valence-corrected chi connectivity index (χ1v) is 9.44. The zero-order valence-corrected chi connectivity index (χ0v) is 16.7. The first-order chi connectivity index (χ1) is 13.1. The van der Waals surface area contributed by atoms with Crippen molar-refractivity contribution in [2.45, 2.75) is 13.5 Å². The average molecular weight is 427 g/mol. The van der Waals surface area contributed by atoms with E-state index in [4.69, 9.17) is 9.15 Å². The van der Waals surface area contributed by atoms with Gasteiger partial charge < -0.3 is 19.0 Å². The third-order valence-corrected chi connectivity index (χ3v) is 5.16. The summed E-state index contributed by atoms with van der Waals surface area (Å²) in [5, 5.41) is 4.94. The molecule has 0 saturated heterocycles. The Balaban J connectivity index is 1.60. The molecule has 2 aromatic carbocycles. The minimum atomic E-state index is -0.252. The van der Waals surface area contributed by atoms with Crippen molar-refractivity contribution in [1.29, 1.82) is 0 Å². The van der Waals surface area contributed by atoms with Crippen LogP contribution in [-0.2, 0) is 11.3 Å². The molecule has 0 bridgehead atoms. The van der Waals surface area contributed by atoms with Crippen LogP contribution in [0.3, 0.4) is 0 Å². The summed E-state index contributed by atoms with van der Waals surface area (Å²) in [4.78, 5) is 12.7. The average Bonchev–Trinajstić information content (AvgIpc) is 3.21. The molecule has 1 N–H and O–H groups in total. The van der Waals surface area contributed by atoms with E-state index in [2.05, 4.69) is 25.8 Å². The zero-order chi connectivity index (χ0) is 19.0. The van der Waals surface area contributed by atoms with Crippen LogP contribution in [0.2, 0.25) is 0 Å². The number of amides is 1. The van der Waals surface area contributed by atoms with Gasteiger partial charge >= 0.3 is 0 Å². The van der Waals surface area contributed by atoms with E-state index in [0.29, 0.717) is 18.0 Å². The second kappa shape index (κ2) is 7.21. The number of fused-ring (bicyclic) bond motifs is 2. The Kier molecular flexibility index (Phi) is 4.76. The second-order valence-corrected chi connectivity index (χ2v) is 7.34. The molecule has 0 atom stereocenters. The minimum absolute atomic E-state index is 0.252. The Hall–Kier alpha value is -2.57. The van der Waals surface area contributed by atoms with Crippen molar-refractivity contribution in [3.05, 3.63) is 64.5 Å². The van der Waals surface area contributed by atoms with Crippen LogP contribution in [-0.4, -0.2) is 24.2 Å². The predicted molar refractivity (Wildman–Crippen MR) is 110 cm³/mol. The first kappa shape index (κ1) is 17.8. The van der Waals surface area contributed by atoms with Gasteiger partial charge in [-0.25, -0.2) is 0 Å². The van der Waals surface area contributed by atoms with Gasteiger partial charge in [-0.05, 0) is 49.4 Å². The molecule has 2 heterocycles. The van der Waals surface area contributed by atoms with E-state index in [1.54, 1.807) is 7.11 Å². The molecule has 4 rings (SSSR count). The van der Waals surface area contributed by atoms with E-state index in [1.165, 1.54) is 0 Å². The number of methoxy groups -OCH3 is 1. The number of nitrogens with one attached hydrogen (secondary N) is 1. The van der Waals surface area contributed by atoms with E-state index >= 15 is 0 Å². The Labute approximate surface area is 165 Å². The highest BCUT2D eigenvalue weighted by Gasteiger charge is 2.18. The Morgan fingerprint density at radius 1 is 1.22 bits per heavy atom. The van der Waals surface area contributed by atoms with Crippen LogP contribution in [0, 0.1) is 6.92 Å². The highest BCUT2D eigenvalue weighted by Crippen LogP contribution is 2.29. The summed E-state index contributed by atoms with van der Waals surface area (Å²) >= 11 is 3.46. The monoisotopic (exact) mass is 426 g/mol. The van der Waals surface area contributed by atoms with E-state index in [-0.39, 0.29) is 5.91 Å². The molecule has 27 heavy (non-hydrogen) atoms. The summed E-state index contributed by atoms with van der Waals surface area (Å²) in [7, 11) is 1.69. The number of hydrogen-bond donors (Lipinski definition) is 1. The maximum atomic E-state index is 12.7. The zero-order valence-electron chi connectivity index (χ0n) is 15.1. The highest BCUT2D eigenvalue weighted by atomic mass is 79.9. The summed E-state index contributed by atoms with van der Waals surface area (Å²) in [5.41, 5.74) is 3.37. The molecule has 1 amide bonds. The van der Waals surface area contributed by atoms with Gasteiger partial charge in [-0.3, -0.25) is 4.79 Å². The van der Waals surface area contributed by atoms with Gasteiger partial charge in [0.15, 0.2) is 5.76 Å². The van der Waals surface area contributed by atoms with Crippen molar-refractivity contribution in [3.8, 4) is 0 Å². The van der Waals surface area contributed by atoms with Crippen molar-refractivity contribution < 1.29 is 13.9 Å². The maximum Gasteiger partial charge on any atom is 0.291 e. The number of benzene rings is 2. The lowest BCUT2D eigenvalue weighted by Crippen LogP contribution is -2.12. The van der Waals surface area contributed by atoms with Gasteiger partial charge in [0, 0.05) is 51.9 Å². The van der Waals surface area contributed by atoms with Gasteiger partial charge in [0.1, 0.15) is 5.58 Å². The molecular weight excluding hydrogens is 408 g/mol. The number of carbonyl (C=O) groups is 1. The molecule has 0 spiro atoms. The van der Waals surface area contributed by atoms with Crippen LogP contribution < -0.4 is 5.32 Å². The third-order valence-electron chi connectivity index (χ3n) is 4.67. The Morgan fingerprint density at radius 2 is 2.07 bits per heavy atom. The fourth-order valence-electron chi connectivity index (χ4n) is 3.26. The predicted octanol–water partition coefficient (Wildman–Crippen LogP) is 5.36. The SMILES string of the molecule is COCCn1ccc2cc(NC(=O)c3oc4ccc(Br)cc4c3C)ccc21. The molecule has 5 nitrogen and oxygen atoms in total. The van der Waals surface area contributed by atoms with Crippen molar-refractivity contribution >= 4 is 49.4 Å². The standard InChI is InChI=1S/C21H19BrN2O3/c1-13-17-12-15(22)3-6-19(17)27-20(13)21(25)23-16-4-5-18-14(11-16)7-8-24(18)9-10-26-2/h3-8,11-12H,9-10H2,1-2H3,(H,23,25). The van der Waals surface area contributed by atoms with Crippen molar-refractivity contribution in [2.75, 3.05) is 19.0 Å². The number of halogens is 1. The van der Waals surface area contributed by atoms with Gasteiger partial charge in [-0.1, -0.05) is 15.9 Å². The highest BCUT2D eigenvalue weighted by molar-refractivity contribution is 9.10. The number of rotatable bonds is 5. The van der Waals surface area contributed by atoms with Crippen molar-refractivity contribution in [2.24, 2.45) is 0 Å². The lowest BCUT2D eigenvalue weighted by molar-refractivity contribution is 0.0998. The van der Waals surface area contributed by atoms with Crippen LogP contribution >= 0.6 is 15.9 Å². The van der Waals surface area contributed by atoms with Crippen LogP contribution in [0.25, 0.3) is 21.9 Å². The van der Waals surface area contributed by atoms with Crippen molar-refractivity contribution in [3.63, 3.8) is 0 Å². The molecule has 0 radical (unpaired) electrons. The maximum absolute atomic E-state index is 12.7. The summed E-state index contributed by atoms with van der Waals surface area (Å²) in [6.07, 6.45) is 2.02. The van der Waals surface area contributed by atoms with Gasteiger partial charge in [0.05, 0.1) is 6.61 Å². The number of hydrogen-bond acceptors (Lipinski definition) is 3. The quantitative estimate of drug-likeness (QED) is 0.467. The summed E-state index contributed by atoms with van der Waals surface area (Å²) in [6, 6.07) is 13.6. The lowest BCUT2D eigenvalue weighted by atomic mass is 10.1. The number of furan rings is 1. The Bertz CT molecular complexity index is 1140. The normalized spacial score (nSPS) is 11.4. The summed E-state index contributed by atoms with van der Waals surface area (Å²) in [6.45, 7) is 3.34. The molecule has 0 unspecified atom stereocenters. The third kappa shape index (κ3) is 3.38. The summed E-state index contributed by atoms with van der Waals surface area (Å²) in [5.74, 6) is 0.0823. The van der Waals surface area contributed by atoms with E-state index < -0.39 is 0 Å². The minimum Gasteiger partial charge on any atom is -0.451 e. The number of anilines is 1. The van der Waals surface area contributed by atoms with Crippen LogP contribution in [0.1, 0.15) is 16.1 Å². The largest absolute Gasteiger partial charge is 0.451 e. The molecule has 0 fully saturated rings. The molecule has 0 aliphatic carbocycles. The fourth-order valence-corrected chi connectivity index (χ4v) is 3.62. The van der Waals surface area contributed by atoms with Gasteiger partial charge in [0.25, 0.3) is 5.91 Å². The first-order valence-electron chi connectivity index (χ1n) is 8.64. The van der Waals surface area contributed by atoms with E-state index in [9.17, 15) is 4.79 Å². The molecule has 0 saturated carbocycles. The topological polar surface area (TPSA) is 56.4 Å². The molecule has 4 aromatic rings.